The van der Waals surface area contributed by atoms with Crippen LogP contribution in [0, 0.1) is 11.8 Å². The molecule has 0 fully saturated rings. The Morgan fingerprint density at radius 2 is 2.25 bits per heavy atom. The molecule has 20 heavy (non-hydrogen) atoms. The van der Waals surface area contributed by atoms with Crippen LogP contribution in [0.1, 0.15) is 15.9 Å². The summed E-state index contributed by atoms with van der Waals surface area (Å²) >= 11 is 0. The van der Waals surface area contributed by atoms with Gasteiger partial charge in [-0.1, -0.05) is 17.9 Å². The predicted molar refractivity (Wildman–Crippen MR) is 69.6 cm³/mol. The highest BCUT2D eigenvalue weighted by Gasteiger charge is 2.06. The lowest BCUT2D eigenvalue weighted by Gasteiger charge is -2.06. The predicted octanol–water partition coefficient (Wildman–Crippen LogP) is 1.04. The first-order valence-electron chi connectivity index (χ1n) is 5.97. The van der Waals surface area contributed by atoms with E-state index in [4.69, 9.17) is 5.11 Å². The van der Waals surface area contributed by atoms with Gasteiger partial charge in [-0.05, 0) is 18.2 Å². The van der Waals surface area contributed by atoms with Crippen molar-refractivity contribution in [2.75, 3.05) is 26.4 Å². The van der Waals surface area contributed by atoms with Gasteiger partial charge in [0.15, 0.2) is 0 Å². The molecule has 0 saturated carbocycles. The third kappa shape index (κ3) is 6.27. The Morgan fingerprint density at radius 1 is 1.45 bits per heavy atom. The van der Waals surface area contributed by atoms with Crippen LogP contribution in [-0.2, 0) is 4.74 Å². The lowest BCUT2D eigenvalue weighted by molar-refractivity contribution is 0.0188. The second-order valence-electron chi connectivity index (χ2n) is 3.76. The van der Waals surface area contributed by atoms with Gasteiger partial charge < -0.3 is 15.2 Å². The van der Waals surface area contributed by atoms with Crippen LogP contribution in [0.3, 0.4) is 0 Å². The summed E-state index contributed by atoms with van der Waals surface area (Å²) < 4.78 is 28.2. The minimum atomic E-state index is -2.51. The number of ether oxygens (including phenoxy) is 1. The Labute approximate surface area is 115 Å². The normalized spacial score (nSPS) is 10.0. The average molecular weight is 283 g/mol. The number of rotatable bonds is 6. The van der Waals surface area contributed by atoms with Crippen LogP contribution in [0.25, 0.3) is 0 Å². The highest BCUT2D eigenvalue weighted by molar-refractivity contribution is 5.94. The Balaban J connectivity index is 2.43. The van der Waals surface area contributed by atoms with Crippen molar-refractivity contribution in [2.24, 2.45) is 0 Å². The molecule has 6 heteroatoms. The highest BCUT2D eigenvalue weighted by atomic mass is 19.3. The molecule has 2 N–H and O–H groups in total. The van der Waals surface area contributed by atoms with E-state index >= 15 is 0 Å². The number of alkyl halides is 2. The maximum absolute atomic E-state index is 11.8. The van der Waals surface area contributed by atoms with Gasteiger partial charge in [0.05, 0.1) is 6.61 Å². The van der Waals surface area contributed by atoms with Crippen molar-refractivity contribution < 1.29 is 23.4 Å². The smallest absolute Gasteiger partial charge is 0.261 e. The summed E-state index contributed by atoms with van der Waals surface area (Å²) in [4.78, 5) is 11.8. The molecule has 0 saturated heterocycles. The van der Waals surface area contributed by atoms with Crippen molar-refractivity contribution in [1.29, 1.82) is 0 Å². The van der Waals surface area contributed by atoms with Gasteiger partial charge in [-0.15, -0.1) is 0 Å². The highest BCUT2D eigenvalue weighted by Crippen LogP contribution is 2.04. The van der Waals surface area contributed by atoms with Gasteiger partial charge in [-0.2, -0.15) is 0 Å². The molecule has 108 valence electrons. The van der Waals surface area contributed by atoms with Crippen molar-refractivity contribution in [3.05, 3.63) is 35.4 Å². The number of hydrogen-bond donors (Lipinski definition) is 2. The standard InChI is InChI=1S/C14H15F2NO3/c15-13(16)10-20-8-6-17-14(19)12-5-1-3-11(9-12)4-2-7-18/h1,3,5,9,13,18H,6-8,10H2,(H,17,19). The maximum Gasteiger partial charge on any atom is 0.261 e. The van der Waals surface area contributed by atoms with E-state index in [9.17, 15) is 13.6 Å². The molecule has 1 amide bonds. The molecule has 0 aromatic heterocycles. The van der Waals surface area contributed by atoms with E-state index < -0.39 is 13.0 Å². The number of hydrogen-bond acceptors (Lipinski definition) is 3. The van der Waals surface area contributed by atoms with Crippen molar-refractivity contribution in [2.45, 2.75) is 6.43 Å². The zero-order chi connectivity index (χ0) is 14.8. The number of carbonyl (C=O) groups excluding carboxylic acids is 1. The number of aliphatic hydroxyl groups is 1. The molecule has 0 spiro atoms. The molecule has 0 bridgehead atoms. The first-order valence-corrected chi connectivity index (χ1v) is 5.97. The molecule has 0 aliphatic rings. The van der Waals surface area contributed by atoms with Crippen LogP contribution in [0.15, 0.2) is 24.3 Å². The first-order chi connectivity index (χ1) is 9.63. The maximum atomic E-state index is 11.8. The van der Waals surface area contributed by atoms with Gasteiger partial charge in [0.1, 0.15) is 13.2 Å². The lowest BCUT2D eigenvalue weighted by Crippen LogP contribution is -2.27. The number of halogens is 2. The van der Waals surface area contributed by atoms with Crippen molar-refractivity contribution in [3.8, 4) is 11.8 Å². The lowest BCUT2D eigenvalue weighted by atomic mass is 10.1. The molecule has 1 rings (SSSR count). The van der Waals surface area contributed by atoms with Gasteiger partial charge in [0.2, 0.25) is 0 Å². The first kappa shape index (κ1) is 16.1. The van der Waals surface area contributed by atoms with Crippen LogP contribution in [-0.4, -0.2) is 43.8 Å². The van der Waals surface area contributed by atoms with E-state index in [0.29, 0.717) is 11.1 Å². The SMILES string of the molecule is O=C(NCCOCC(F)F)c1cccc(C#CCO)c1. The van der Waals surface area contributed by atoms with E-state index in [2.05, 4.69) is 21.9 Å². The summed E-state index contributed by atoms with van der Waals surface area (Å²) in [5, 5.41) is 11.1. The minimum absolute atomic E-state index is 0.0279. The number of nitrogens with one attached hydrogen (secondary N) is 1. The third-order valence-corrected chi connectivity index (χ3v) is 2.21. The molecule has 0 heterocycles. The van der Waals surface area contributed by atoms with Gasteiger partial charge >= 0.3 is 0 Å². The van der Waals surface area contributed by atoms with Crippen molar-refractivity contribution >= 4 is 5.91 Å². The van der Waals surface area contributed by atoms with Crippen molar-refractivity contribution in [3.63, 3.8) is 0 Å². The summed E-state index contributed by atoms with van der Waals surface area (Å²) in [6.45, 7) is -0.710. The van der Waals surface area contributed by atoms with Gasteiger partial charge in [-0.25, -0.2) is 8.78 Å². The molecule has 0 aliphatic heterocycles. The average Bonchev–Trinajstić information content (AvgIpc) is 2.44. The van der Waals surface area contributed by atoms with E-state index in [0.717, 1.165) is 0 Å². The van der Waals surface area contributed by atoms with Gasteiger partial charge in [-0.3, -0.25) is 4.79 Å². The Hall–Kier alpha value is -1.97. The van der Waals surface area contributed by atoms with Crippen LogP contribution < -0.4 is 5.32 Å². The molecular weight excluding hydrogens is 268 g/mol. The Kier molecular flexibility index (Phi) is 7.25. The second kappa shape index (κ2) is 9.02. The summed E-state index contributed by atoms with van der Waals surface area (Å²) in [5.41, 5.74) is 1.02. The number of amides is 1. The van der Waals surface area contributed by atoms with Crippen LogP contribution in [0.5, 0.6) is 0 Å². The number of aliphatic hydroxyl groups excluding tert-OH is 1. The minimum Gasteiger partial charge on any atom is -0.384 e. The van der Waals surface area contributed by atoms with Crippen LogP contribution in [0.2, 0.25) is 0 Å². The van der Waals surface area contributed by atoms with E-state index in [1.165, 1.54) is 0 Å². The Bertz CT molecular complexity index is 495. The van der Waals surface area contributed by atoms with Crippen LogP contribution in [0.4, 0.5) is 8.78 Å². The number of benzene rings is 1. The topological polar surface area (TPSA) is 58.6 Å². The summed E-state index contributed by atoms with van der Waals surface area (Å²) in [5.74, 6) is 4.84. The van der Waals surface area contributed by atoms with Crippen molar-refractivity contribution in [1.82, 2.24) is 5.32 Å². The van der Waals surface area contributed by atoms with E-state index in [-0.39, 0.29) is 25.7 Å². The van der Waals surface area contributed by atoms with Gasteiger partial charge in [0, 0.05) is 17.7 Å². The molecule has 1 aromatic rings. The fraction of sp³-hybridized carbons (Fsp3) is 0.357. The molecule has 0 atom stereocenters. The molecule has 0 radical (unpaired) electrons. The van der Waals surface area contributed by atoms with E-state index in [1.807, 2.05) is 0 Å². The van der Waals surface area contributed by atoms with Crippen LogP contribution >= 0.6 is 0 Å². The summed E-state index contributed by atoms with van der Waals surface area (Å²) in [7, 11) is 0. The molecule has 4 nitrogen and oxygen atoms in total. The fourth-order valence-corrected chi connectivity index (χ4v) is 1.39. The summed E-state index contributed by atoms with van der Waals surface area (Å²) in [6, 6.07) is 6.58. The van der Waals surface area contributed by atoms with Gasteiger partial charge in [0.25, 0.3) is 12.3 Å². The molecule has 1 aromatic carbocycles. The molecular formula is C14H15F2NO3. The quantitative estimate of drug-likeness (QED) is 0.606. The van der Waals surface area contributed by atoms with E-state index in [1.54, 1.807) is 24.3 Å². The fourth-order valence-electron chi connectivity index (χ4n) is 1.39. The zero-order valence-electron chi connectivity index (χ0n) is 10.7. The molecule has 0 unspecified atom stereocenters. The molecule has 0 aliphatic carbocycles. The second-order valence-corrected chi connectivity index (χ2v) is 3.76. The number of carbonyl (C=O) groups is 1. The largest absolute Gasteiger partial charge is 0.384 e. The Morgan fingerprint density at radius 3 is 2.95 bits per heavy atom. The monoisotopic (exact) mass is 283 g/mol. The summed E-state index contributed by atoms with van der Waals surface area (Å²) in [6.07, 6.45) is -2.51. The zero-order valence-corrected chi connectivity index (χ0v) is 10.7. The third-order valence-electron chi connectivity index (χ3n) is 2.21.